The number of aliphatic hydroxyl groups excluding tert-OH is 2. The van der Waals surface area contributed by atoms with Gasteiger partial charge in [0.25, 0.3) is 0 Å². The summed E-state index contributed by atoms with van der Waals surface area (Å²) in [6, 6.07) is 0. The predicted octanol–water partition coefficient (Wildman–Crippen LogP) is 3.17. The highest BCUT2D eigenvalue weighted by molar-refractivity contribution is 4.88. The van der Waals surface area contributed by atoms with Crippen molar-refractivity contribution in [2.75, 3.05) is 6.61 Å². The normalized spacial score (nSPS) is 12.0. The van der Waals surface area contributed by atoms with Gasteiger partial charge in [-0.15, -0.1) is 0 Å². The molecule has 0 rings (SSSR count). The van der Waals surface area contributed by atoms with E-state index in [4.69, 9.17) is 10.2 Å². The summed E-state index contributed by atoms with van der Waals surface area (Å²) in [5.74, 6) is 0.510. The van der Waals surface area contributed by atoms with Crippen LogP contribution in [-0.4, -0.2) is 16.8 Å². The van der Waals surface area contributed by atoms with E-state index >= 15 is 0 Å². The second kappa shape index (κ2) is 9.59. The highest BCUT2D eigenvalue weighted by atomic mass is 16.3. The van der Waals surface area contributed by atoms with E-state index in [9.17, 15) is 0 Å². The lowest BCUT2D eigenvalue weighted by Gasteiger charge is -1.98. The first-order valence-corrected chi connectivity index (χ1v) is 5.30. The third-order valence-electron chi connectivity index (χ3n) is 2.10. The van der Waals surface area contributed by atoms with Gasteiger partial charge in [-0.2, -0.15) is 0 Å². The summed E-state index contributed by atoms with van der Waals surface area (Å²) >= 11 is 0. The predicted molar refractivity (Wildman–Crippen MR) is 55.8 cm³/mol. The van der Waals surface area contributed by atoms with Gasteiger partial charge < -0.3 is 10.2 Å². The zero-order valence-corrected chi connectivity index (χ0v) is 8.63. The fourth-order valence-electron chi connectivity index (χ4n) is 1.20. The topological polar surface area (TPSA) is 40.5 Å². The van der Waals surface area contributed by atoms with Crippen molar-refractivity contribution >= 4 is 0 Å². The molecule has 0 spiro atoms. The standard InChI is InChI=1S/C11H22O2/c1-2-11(13)9-7-5-3-4-6-8-10-12/h9,12-13H,2-8,10H2,1H3/b11-9+. The van der Waals surface area contributed by atoms with Crippen LogP contribution in [0.4, 0.5) is 0 Å². The number of allylic oxidation sites excluding steroid dienone is 2. The molecule has 0 aliphatic heterocycles. The summed E-state index contributed by atoms with van der Waals surface area (Å²) in [4.78, 5) is 0. The monoisotopic (exact) mass is 186 g/mol. The minimum Gasteiger partial charge on any atom is -0.513 e. The molecule has 2 N–H and O–H groups in total. The molecular weight excluding hydrogens is 164 g/mol. The molecule has 0 unspecified atom stereocenters. The number of rotatable bonds is 8. The van der Waals surface area contributed by atoms with Crippen LogP contribution in [0.5, 0.6) is 0 Å². The molecule has 0 aromatic rings. The van der Waals surface area contributed by atoms with Gasteiger partial charge in [-0.1, -0.05) is 26.2 Å². The van der Waals surface area contributed by atoms with Crippen LogP contribution in [0.2, 0.25) is 0 Å². The average Bonchev–Trinajstić information content (AvgIpc) is 2.16. The molecule has 78 valence electrons. The summed E-state index contributed by atoms with van der Waals surface area (Å²) in [5.41, 5.74) is 0. The molecule has 0 saturated heterocycles. The third kappa shape index (κ3) is 9.41. The Balaban J connectivity index is 3.08. The number of hydrogen-bond donors (Lipinski definition) is 2. The molecule has 0 fully saturated rings. The van der Waals surface area contributed by atoms with Crippen molar-refractivity contribution in [1.82, 2.24) is 0 Å². The van der Waals surface area contributed by atoms with Gasteiger partial charge in [0.1, 0.15) is 0 Å². The van der Waals surface area contributed by atoms with Gasteiger partial charge in [-0.3, -0.25) is 0 Å². The van der Waals surface area contributed by atoms with Crippen LogP contribution < -0.4 is 0 Å². The Kier molecular flexibility index (Phi) is 9.22. The fraction of sp³-hybridized carbons (Fsp3) is 0.818. The van der Waals surface area contributed by atoms with Crippen molar-refractivity contribution in [3.8, 4) is 0 Å². The highest BCUT2D eigenvalue weighted by Gasteiger charge is 1.90. The minimum atomic E-state index is 0.316. The maximum Gasteiger partial charge on any atom is 0.0880 e. The van der Waals surface area contributed by atoms with Crippen LogP contribution in [0.15, 0.2) is 11.8 Å². The zero-order chi connectivity index (χ0) is 9.94. The molecule has 13 heavy (non-hydrogen) atoms. The summed E-state index contributed by atoms with van der Waals surface area (Å²) in [6.07, 6.45) is 9.23. The summed E-state index contributed by atoms with van der Waals surface area (Å²) < 4.78 is 0. The van der Waals surface area contributed by atoms with E-state index in [1.165, 1.54) is 12.8 Å². The van der Waals surface area contributed by atoms with Crippen LogP contribution in [0, 0.1) is 0 Å². The molecule has 0 amide bonds. The van der Waals surface area contributed by atoms with Crippen molar-refractivity contribution in [3.05, 3.63) is 11.8 Å². The van der Waals surface area contributed by atoms with Crippen LogP contribution in [0.25, 0.3) is 0 Å². The van der Waals surface area contributed by atoms with Gasteiger partial charge in [-0.25, -0.2) is 0 Å². The fourth-order valence-corrected chi connectivity index (χ4v) is 1.20. The van der Waals surface area contributed by atoms with Gasteiger partial charge in [0, 0.05) is 13.0 Å². The first-order chi connectivity index (χ1) is 6.31. The molecule has 0 aromatic heterocycles. The van der Waals surface area contributed by atoms with E-state index in [2.05, 4.69) is 0 Å². The maximum absolute atomic E-state index is 9.13. The van der Waals surface area contributed by atoms with Crippen LogP contribution >= 0.6 is 0 Å². The molecule has 0 heterocycles. The van der Waals surface area contributed by atoms with Crippen LogP contribution in [-0.2, 0) is 0 Å². The van der Waals surface area contributed by atoms with Crippen molar-refractivity contribution in [2.45, 2.75) is 51.9 Å². The van der Waals surface area contributed by atoms with E-state index in [1.54, 1.807) is 0 Å². The Morgan fingerprint density at radius 2 is 1.69 bits per heavy atom. The summed E-state index contributed by atoms with van der Waals surface area (Å²) in [7, 11) is 0. The lowest BCUT2D eigenvalue weighted by atomic mass is 10.1. The quantitative estimate of drug-likeness (QED) is 0.451. The Hall–Kier alpha value is -0.500. The SMILES string of the molecule is CC/C(O)=C\CCCCCCCO. The summed E-state index contributed by atoms with van der Waals surface area (Å²) in [6.45, 7) is 2.27. The van der Waals surface area contributed by atoms with E-state index in [1.807, 2.05) is 13.0 Å². The van der Waals surface area contributed by atoms with Gasteiger partial charge >= 0.3 is 0 Å². The summed E-state index contributed by atoms with van der Waals surface area (Å²) in [5, 5.41) is 17.7. The molecule has 0 aliphatic rings. The van der Waals surface area contributed by atoms with Crippen molar-refractivity contribution < 1.29 is 10.2 Å². The maximum atomic E-state index is 9.13. The highest BCUT2D eigenvalue weighted by Crippen LogP contribution is 2.07. The Morgan fingerprint density at radius 3 is 2.31 bits per heavy atom. The van der Waals surface area contributed by atoms with Gasteiger partial charge in [0.15, 0.2) is 0 Å². The molecule has 0 aromatic carbocycles. The Labute approximate surface area is 81.3 Å². The average molecular weight is 186 g/mol. The Morgan fingerprint density at radius 1 is 1.08 bits per heavy atom. The van der Waals surface area contributed by atoms with Gasteiger partial charge in [0.2, 0.25) is 0 Å². The molecule has 0 bridgehead atoms. The van der Waals surface area contributed by atoms with E-state index in [0.717, 1.165) is 32.1 Å². The first kappa shape index (κ1) is 12.5. The zero-order valence-electron chi connectivity index (χ0n) is 8.63. The number of unbranched alkanes of at least 4 members (excludes halogenated alkanes) is 5. The third-order valence-corrected chi connectivity index (χ3v) is 2.10. The second-order valence-corrected chi connectivity index (χ2v) is 3.33. The van der Waals surface area contributed by atoms with Crippen LogP contribution in [0.3, 0.4) is 0 Å². The van der Waals surface area contributed by atoms with Crippen molar-refractivity contribution in [3.63, 3.8) is 0 Å². The van der Waals surface area contributed by atoms with E-state index in [-0.39, 0.29) is 0 Å². The minimum absolute atomic E-state index is 0.316. The lowest BCUT2D eigenvalue weighted by Crippen LogP contribution is -1.83. The van der Waals surface area contributed by atoms with E-state index in [0.29, 0.717) is 12.4 Å². The van der Waals surface area contributed by atoms with Gasteiger partial charge in [-0.05, 0) is 25.3 Å². The van der Waals surface area contributed by atoms with Crippen molar-refractivity contribution in [1.29, 1.82) is 0 Å². The lowest BCUT2D eigenvalue weighted by molar-refractivity contribution is 0.282. The second-order valence-electron chi connectivity index (χ2n) is 3.33. The number of aliphatic hydroxyl groups is 2. The molecule has 2 heteroatoms. The molecular formula is C11H22O2. The van der Waals surface area contributed by atoms with Crippen molar-refractivity contribution in [2.24, 2.45) is 0 Å². The van der Waals surface area contributed by atoms with Gasteiger partial charge in [0.05, 0.1) is 5.76 Å². The molecule has 0 saturated carbocycles. The molecule has 2 nitrogen and oxygen atoms in total. The smallest absolute Gasteiger partial charge is 0.0880 e. The van der Waals surface area contributed by atoms with Crippen LogP contribution in [0.1, 0.15) is 51.9 Å². The molecule has 0 radical (unpaired) electrons. The molecule has 0 aliphatic carbocycles. The first-order valence-electron chi connectivity index (χ1n) is 5.30. The van der Waals surface area contributed by atoms with E-state index < -0.39 is 0 Å². The Bertz CT molecular complexity index is 130. The largest absolute Gasteiger partial charge is 0.513 e. The molecule has 0 atom stereocenters. The number of hydrogen-bond acceptors (Lipinski definition) is 2.